The van der Waals surface area contributed by atoms with E-state index in [1.165, 1.54) is 6.07 Å². The molecule has 1 aliphatic rings. The van der Waals surface area contributed by atoms with Crippen molar-refractivity contribution in [2.75, 3.05) is 0 Å². The first kappa shape index (κ1) is 18.5. The van der Waals surface area contributed by atoms with E-state index < -0.39 is 23.0 Å². The summed E-state index contributed by atoms with van der Waals surface area (Å²) in [6.45, 7) is 2.17. The van der Waals surface area contributed by atoms with Crippen LogP contribution in [-0.4, -0.2) is 9.97 Å². The second kappa shape index (κ2) is 7.13. The summed E-state index contributed by atoms with van der Waals surface area (Å²) in [4.78, 5) is 29.0. The van der Waals surface area contributed by atoms with Gasteiger partial charge in [-0.05, 0) is 36.3 Å². The second-order valence-electron chi connectivity index (χ2n) is 7.13. The summed E-state index contributed by atoms with van der Waals surface area (Å²) in [5.74, 6) is 0.661. The van der Waals surface area contributed by atoms with Crippen LogP contribution in [0.1, 0.15) is 60.9 Å². The first-order valence-electron chi connectivity index (χ1n) is 8.75. The summed E-state index contributed by atoms with van der Waals surface area (Å²) in [5, 5.41) is 0. The molecule has 0 saturated heterocycles. The van der Waals surface area contributed by atoms with Gasteiger partial charge in [-0.1, -0.05) is 38.0 Å². The molecule has 1 fully saturated rings. The molecule has 0 spiro atoms. The highest BCUT2D eigenvalue weighted by atomic mass is 19.4. The zero-order chi connectivity index (χ0) is 18.9. The molecule has 0 radical (unpaired) electrons. The number of halogens is 3. The molecule has 3 rings (SSSR count). The average molecular weight is 366 g/mol. The standard InChI is InChI=1S/C19H21F3N2O2/c1-11-5-7-13(8-6-11)16-15(17(25)24-18(26)23-16)10-12-3-2-4-14(9-12)19(20,21)22/h2-4,9,11,13H,5-8,10H2,1H3,(H2,23,24,25,26). The average Bonchev–Trinajstić information content (AvgIpc) is 2.57. The van der Waals surface area contributed by atoms with Crippen molar-refractivity contribution in [3.05, 3.63) is 67.5 Å². The van der Waals surface area contributed by atoms with Crippen molar-refractivity contribution >= 4 is 0 Å². The van der Waals surface area contributed by atoms with Gasteiger partial charge in [-0.3, -0.25) is 9.78 Å². The van der Waals surface area contributed by atoms with E-state index in [1.54, 1.807) is 6.07 Å². The van der Waals surface area contributed by atoms with Crippen molar-refractivity contribution in [3.63, 3.8) is 0 Å². The van der Waals surface area contributed by atoms with Crippen LogP contribution in [-0.2, 0) is 12.6 Å². The van der Waals surface area contributed by atoms with E-state index in [-0.39, 0.29) is 12.3 Å². The number of hydrogen-bond acceptors (Lipinski definition) is 2. The molecule has 0 aliphatic heterocycles. The molecule has 1 aromatic heterocycles. The minimum atomic E-state index is -4.43. The van der Waals surface area contributed by atoms with Crippen LogP contribution in [0.3, 0.4) is 0 Å². The molecule has 2 N–H and O–H groups in total. The maximum absolute atomic E-state index is 12.9. The minimum absolute atomic E-state index is 0.0530. The summed E-state index contributed by atoms with van der Waals surface area (Å²) in [7, 11) is 0. The predicted molar refractivity (Wildman–Crippen MR) is 92.3 cm³/mol. The molecule has 2 aromatic rings. The molecule has 0 atom stereocenters. The number of alkyl halides is 3. The smallest absolute Gasteiger partial charge is 0.311 e. The van der Waals surface area contributed by atoms with E-state index in [0.29, 0.717) is 22.7 Å². The van der Waals surface area contributed by atoms with Crippen molar-refractivity contribution < 1.29 is 13.2 Å². The van der Waals surface area contributed by atoms with Crippen LogP contribution in [0.25, 0.3) is 0 Å². The van der Waals surface area contributed by atoms with Gasteiger partial charge in [-0.15, -0.1) is 0 Å². The lowest BCUT2D eigenvalue weighted by atomic mass is 9.80. The monoisotopic (exact) mass is 366 g/mol. The topological polar surface area (TPSA) is 65.7 Å². The summed E-state index contributed by atoms with van der Waals surface area (Å²) in [5.41, 5.74) is -0.533. The summed E-state index contributed by atoms with van der Waals surface area (Å²) < 4.78 is 38.8. The third-order valence-electron chi connectivity index (χ3n) is 5.13. The van der Waals surface area contributed by atoms with E-state index in [0.717, 1.165) is 37.8 Å². The molecule has 1 heterocycles. The maximum atomic E-state index is 12.9. The van der Waals surface area contributed by atoms with Crippen molar-refractivity contribution in [2.24, 2.45) is 5.92 Å². The SMILES string of the molecule is CC1CCC(c2[nH]c(=O)[nH]c(=O)c2Cc2cccc(C(F)(F)F)c2)CC1. The number of aromatic nitrogens is 2. The van der Waals surface area contributed by atoms with Gasteiger partial charge in [-0.25, -0.2) is 4.79 Å². The van der Waals surface area contributed by atoms with Crippen LogP contribution in [0.5, 0.6) is 0 Å². The number of nitrogens with one attached hydrogen (secondary N) is 2. The highest BCUT2D eigenvalue weighted by molar-refractivity contribution is 5.32. The van der Waals surface area contributed by atoms with Crippen molar-refractivity contribution in [1.29, 1.82) is 0 Å². The molecule has 0 bridgehead atoms. The van der Waals surface area contributed by atoms with E-state index >= 15 is 0 Å². The Morgan fingerprint density at radius 3 is 2.42 bits per heavy atom. The summed E-state index contributed by atoms with van der Waals surface area (Å²) >= 11 is 0. The lowest BCUT2D eigenvalue weighted by molar-refractivity contribution is -0.137. The highest BCUT2D eigenvalue weighted by Crippen LogP contribution is 2.36. The zero-order valence-corrected chi connectivity index (χ0v) is 14.5. The number of hydrogen-bond donors (Lipinski definition) is 2. The Balaban J connectivity index is 1.98. The number of rotatable bonds is 3. The van der Waals surface area contributed by atoms with Crippen LogP contribution >= 0.6 is 0 Å². The lowest BCUT2D eigenvalue weighted by Gasteiger charge is -2.27. The molecule has 0 amide bonds. The molecule has 26 heavy (non-hydrogen) atoms. The van der Waals surface area contributed by atoms with E-state index in [1.807, 2.05) is 0 Å². The van der Waals surface area contributed by atoms with Gasteiger partial charge in [-0.2, -0.15) is 13.2 Å². The molecule has 140 valence electrons. The second-order valence-corrected chi connectivity index (χ2v) is 7.13. The Bertz CT molecular complexity index is 891. The fraction of sp³-hybridized carbons (Fsp3) is 0.474. The van der Waals surface area contributed by atoms with Crippen LogP contribution < -0.4 is 11.2 Å². The first-order chi connectivity index (χ1) is 12.2. The maximum Gasteiger partial charge on any atom is 0.416 e. The van der Waals surface area contributed by atoms with Gasteiger partial charge in [0.25, 0.3) is 5.56 Å². The number of benzene rings is 1. The molecule has 1 aliphatic carbocycles. The van der Waals surface area contributed by atoms with Crippen LogP contribution in [0.15, 0.2) is 33.9 Å². The van der Waals surface area contributed by atoms with Crippen LogP contribution in [0, 0.1) is 5.92 Å². The Labute approximate surface area is 148 Å². The summed E-state index contributed by atoms with van der Waals surface area (Å²) in [6.07, 6.45) is -0.662. The van der Waals surface area contributed by atoms with Crippen LogP contribution in [0.2, 0.25) is 0 Å². The molecule has 4 nitrogen and oxygen atoms in total. The van der Waals surface area contributed by atoms with Crippen molar-refractivity contribution in [2.45, 2.75) is 51.1 Å². The third kappa shape index (κ3) is 4.08. The molecule has 1 saturated carbocycles. The van der Waals surface area contributed by atoms with Gasteiger partial charge in [0.2, 0.25) is 0 Å². The highest BCUT2D eigenvalue weighted by Gasteiger charge is 2.30. The van der Waals surface area contributed by atoms with Gasteiger partial charge < -0.3 is 4.98 Å². The Morgan fingerprint density at radius 2 is 1.77 bits per heavy atom. The third-order valence-corrected chi connectivity index (χ3v) is 5.13. The molecule has 1 aromatic carbocycles. The largest absolute Gasteiger partial charge is 0.416 e. The normalized spacial score (nSPS) is 20.9. The zero-order valence-electron chi connectivity index (χ0n) is 14.5. The minimum Gasteiger partial charge on any atom is -0.311 e. The van der Waals surface area contributed by atoms with E-state index in [9.17, 15) is 22.8 Å². The predicted octanol–water partition coefficient (Wildman–Crippen LogP) is 3.97. The molecular weight excluding hydrogens is 345 g/mol. The molecule has 7 heteroatoms. The number of aromatic amines is 2. The molecule has 0 unspecified atom stereocenters. The fourth-order valence-corrected chi connectivity index (χ4v) is 3.66. The van der Waals surface area contributed by atoms with E-state index in [4.69, 9.17) is 0 Å². The van der Waals surface area contributed by atoms with Crippen molar-refractivity contribution in [1.82, 2.24) is 9.97 Å². The quantitative estimate of drug-likeness (QED) is 0.863. The Hall–Kier alpha value is -2.31. The van der Waals surface area contributed by atoms with Gasteiger partial charge in [0.15, 0.2) is 0 Å². The van der Waals surface area contributed by atoms with Gasteiger partial charge in [0, 0.05) is 17.7 Å². The fourth-order valence-electron chi connectivity index (χ4n) is 3.66. The Morgan fingerprint density at radius 1 is 1.08 bits per heavy atom. The van der Waals surface area contributed by atoms with E-state index in [2.05, 4.69) is 16.9 Å². The van der Waals surface area contributed by atoms with Gasteiger partial charge in [0.05, 0.1) is 5.56 Å². The summed E-state index contributed by atoms with van der Waals surface area (Å²) in [6, 6.07) is 4.95. The van der Waals surface area contributed by atoms with Gasteiger partial charge >= 0.3 is 11.9 Å². The van der Waals surface area contributed by atoms with Crippen LogP contribution in [0.4, 0.5) is 13.2 Å². The first-order valence-corrected chi connectivity index (χ1v) is 8.75. The van der Waals surface area contributed by atoms with Crippen molar-refractivity contribution in [3.8, 4) is 0 Å². The van der Waals surface area contributed by atoms with Gasteiger partial charge in [0.1, 0.15) is 0 Å². The molecular formula is C19H21F3N2O2. The number of H-pyrrole nitrogens is 2. The Kier molecular flexibility index (Phi) is 5.07. The lowest BCUT2D eigenvalue weighted by Crippen LogP contribution is -2.30.